The van der Waals surface area contributed by atoms with Crippen LogP contribution in [0.1, 0.15) is 39.4 Å². The van der Waals surface area contributed by atoms with Gasteiger partial charge >= 0.3 is 0 Å². The summed E-state index contributed by atoms with van der Waals surface area (Å²) in [5.41, 5.74) is 5.83. The van der Waals surface area contributed by atoms with Crippen molar-refractivity contribution in [1.29, 1.82) is 0 Å². The van der Waals surface area contributed by atoms with Crippen molar-refractivity contribution in [3.05, 3.63) is 11.9 Å². The predicted octanol–water partition coefficient (Wildman–Crippen LogP) is 1.56. The molecule has 1 saturated heterocycles. The minimum absolute atomic E-state index is 0.112. The number of hydrogen-bond donors (Lipinski definition) is 2. The van der Waals surface area contributed by atoms with Gasteiger partial charge in [0, 0.05) is 30.5 Å². The monoisotopic (exact) mass is 276 g/mol. The Morgan fingerprint density at radius 1 is 1.25 bits per heavy atom. The van der Waals surface area contributed by atoms with Gasteiger partial charge in [0.1, 0.15) is 17.5 Å². The van der Waals surface area contributed by atoms with Crippen molar-refractivity contribution in [3.8, 4) is 0 Å². The average molecular weight is 276 g/mol. The highest BCUT2D eigenvalue weighted by Gasteiger charge is 2.42. The Morgan fingerprint density at radius 2 is 2.00 bits per heavy atom. The molecule has 3 atom stereocenters. The Labute approximate surface area is 120 Å². The first-order valence-corrected chi connectivity index (χ1v) is 7.42. The molecular weight excluding hydrogens is 252 g/mol. The fourth-order valence-electron chi connectivity index (χ4n) is 3.37. The van der Waals surface area contributed by atoms with E-state index in [9.17, 15) is 5.11 Å². The van der Waals surface area contributed by atoms with Gasteiger partial charge in [0.2, 0.25) is 0 Å². The van der Waals surface area contributed by atoms with Gasteiger partial charge in [0.15, 0.2) is 0 Å². The Bertz CT molecular complexity index is 511. The van der Waals surface area contributed by atoms with Crippen molar-refractivity contribution < 1.29 is 5.11 Å². The van der Waals surface area contributed by atoms with E-state index in [1.54, 1.807) is 0 Å². The molecule has 1 aromatic heterocycles. The number of fused-ring (bicyclic) bond motifs is 1. The summed E-state index contributed by atoms with van der Waals surface area (Å²) in [6.07, 6.45) is 1.92. The Balaban J connectivity index is 1.86. The number of aliphatic hydroxyl groups is 1. The van der Waals surface area contributed by atoms with Crippen LogP contribution in [0.5, 0.6) is 0 Å². The van der Waals surface area contributed by atoms with Crippen LogP contribution >= 0.6 is 0 Å². The maximum absolute atomic E-state index is 10.0. The van der Waals surface area contributed by atoms with E-state index in [1.807, 2.05) is 6.07 Å². The molecule has 110 valence electrons. The Kier molecular flexibility index (Phi) is 3.12. The van der Waals surface area contributed by atoms with Crippen LogP contribution in [-0.4, -0.2) is 34.3 Å². The number of nitrogen functional groups attached to an aromatic ring is 1. The van der Waals surface area contributed by atoms with Crippen molar-refractivity contribution in [2.75, 3.05) is 23.7 Å². The van der Waals surface area contributed by atoms with Crippen LogP contribution in [-0.2, 0) is 5.41 Å². The number of nitrogens with zero attached hydrogens (tertiary/aromatic N) is 3. The van der Waals surface area contributed by atoms with Gasteiger partial charge in [0.05, 0.1) is 6.10 Å². The van der Waals surface area contributed by atoms with E-state index in [0.717, 1.165) is 37.6 Å². The summed E-state index contributed by atoms with van der Waals surface area (Å²) in [5, 5.41) is 10.0. The lowest BCUT2D eigenvalue weighted by Crippen LogP contribution is -2.27. The standard InChI is InChI=1S/C15H24N4O/c1-15(2,3)14-17-12(16)6-13(18-14)19-7-9-4-5-11(20)10(9)8-19/h6,9-11,20H,4-5,7-8H2,1-3H3,(H2,16,17,18). The number of aliphatic hydroxyl groups excluding tert-OH is 1. The van der Waals surface area contributed by atoms with Crippen molar-refractivity contribution in [1.82, 2.24) is 9.97 Å². The maximum atomic E-state index is 10.0. The zero-order chi connectivity index (χ0) is 14.5. The number of aromatic nitrogens is 2. The SMILES string of the molecule is CC(C)(C)c1nc(N)cc(N2CC3CCC(O)C3C2)n1. The molecule has 0 amide bonds. The molecule has 0 aromatic carbocycles. The summed E-state index contributed by atoms with van der Waals surface area (Å²) in [6.45, 7) is 8.13. The second-order valence-corrected chi connectivity index (χ2v) is 7.20. The summed E-state index contributed by atoms with van der Waals surface area (Å²) >= 11 is 0. The van der Waals surface area contributed by atoms with Crippen molar-refractivity contribution in [3.63, 3.8) is 0 Å². The molecule has 0 bridgehead atoms. The Morgan fingerprint density at radius 3 is 2.65 bits per heavy atom. The minimum Gasteiger partial charge on any atom is -0.393 e. The molecule has 3 N–H and O–H groups in total. The first kappa shape index (κ1) is 13.6. The smallest absolute Gasteiger partial charge is 0.138 e. The number of rotatable bonds is 1. The number of nitrogens with two attached hydrogens (primary N) is 1. The molecule has 1 saturated carbocycles. The van der Waals surface area contributed by atoms with Gasteiger partial charge in [-0.1, -0.05) is 20.8 Å². The third-order valence-electron chi connectivity index (χ3n) is 4.55. The van der Waals surface area contributed by atoms with Crippen LogP contribution in [0.25, 0.3) is 0 Å². The lowest BCUT2D eigenvalue weighted by atomic mass is 9.96. The molecule has 1 aliphatic heterocycles. The quantitative estimate of drug-likeness (QED) is 0.814. The number of anilines is 2. The molecule has 5 nitrogen and oxygen atoms in total. The van der Waals surface area contributed by atoms with E-state index in [0.29, 0.717) is 17.7 Å². The van der Waals surface area contributed by atoms with E-state index in [4.69, 9.17) is 10.7 Å². The van der Waals surface area contributed by atoms with Gasteiger partial charge in [0.25, 0.3) is 0 Å². The van der Waals surface area contributed by atoms with Crippen LogP contribution in [0.2, 0.25) is 0 Å². The van der Waals surface area contributed by atoms with Crippen molar-refractivity contribution in [2.24, 2.45) is 11.8 Å². The molecule has 20 heavy (non-hydrogen) atoms. The van der Waals surface area contributed by atoms with Crippen molar-refractivity contribution >= 4 is 11.6 Å². The molecular formula is C15H24N4O. The highest BCUT2D eigenvalue weighted by Crippen LogP contribution is 2.39. The lowest BCUT2D eigenvalue weighted by molar-refractivity contribution is 0.133. The van der Waals surface area contributed by atoms with Gasteiger partial charge < -0.3 is 15.7 Å². The van der Waals surface area contributed by atoms with E-state index in [2.05, 4.69) is 30.7 Å². The number of hydrogen-bond acceptors (Lipinski definition) is 5. The predicted molar refractivity (Wildman–Crippen MR) is 79.6 cm³/mol. The zero-order valence-corrected chi connectivity index (χ0v) is 12.5. The van der Waals surface area contributed by atoms with E-state index in [-0.39, 0.29) is 11.5 Å². The normalized spacial score (nSPS) is 29.8. The van der Waals surface area contributed by atoms with Gasteiger partial charge in [-0.15, -0.1) is 0 Å². The molecule has 0 spiro atoms. The van der Waals surface area contributed by atoms with Crippen LogP contribution in [0.15, 0.2) is 6.07 Å². The topological polar surface area (TPSA) is 75.3 Å². The molecule has 3 unspecified atom stereocenters. The van der Waals surface area contributed by atoms with Crippen LogP contribution < -0.4 is 10.6 Å². The summed E-state index contributed by atoms with van der Waals surface area (Å²) in [7, 11) is 0. The summed E-state index contributed by atoms with van der Waals surface area (Å²) in [6, 6.07) is 1.85. The fourth-order valence-corrected chi connectivity index (χ4v) is 3.37. The zero-order valence-electron chi connectivity index (χ0n) is 12.5. The van der Waals surface area contributed by atoms with Crippen LogP contribution in [0.4, 0.5) is 11.6 Å². The van der Waals surface area contributed by atoms with E-state index >= 15 is 0 Å². The lowest BCUT2D eigenvalue weighted by Gasteiger charge is -2.23. The molecule has 5 heteroatoms. The summed E-state index contributed by atoms with van der Waals surface area (Å²) in [5.74, 6) is 3.20. The molecule has 2 aliphatic rings. The molecule has 3 rings (SSSR count). The average Bonchev–Trinajstić information content (AvgIpc) is 2.90. The first-order chi connectivity index (χ1) is 9.34. The second kappa shape index (κ2) is 4.58. The van der Waals surface area contributed by atoms with Crippen molar-refractivity contribution in [2.45, 2.75) is 45.1 Å². The Hall–Kier alpha value is -1.36. The first-order valence-electron chi connectivity index (χ1n) is 7.42. The maximum Gasteiger partial charge on any atom is 0.138 e. The molecule has 1 aromatic rings. The van der Waals surface area contributed by atoms with Crippen LogP contribution in [0, 0.1) is 11.8 Å². The third kappa shape index (κ3) is 2.35. The largest absolute Gasteiger partial charge is 0.393 e. The minimum atomic E-state index is -0.147. The highest BCUT2D eigenvalue weighted by atomic mass is 16.3. The second-order valence-electron chi connectivity index (χ2n) is 7.20. The summed E-state index contributed by atoms with van der Waals surface area (Å²) in [4.78, 5) is 11.3. The van der Waals surface area contributed by atoms with E-state index in [1.165, 1.54) is 0 Å². The van der Waals surface area contributed by atoms with Gasteiger partial charge in [-0.3, -0.25) is 0 Å². The molecule has 2 heterocycles. The molecule has 1 aliphatic carbocycles. The highest BCUT2D eigenvalue weighted by molar-refractivity contribution is 5.48. The van der Waals surface area contributed by atoms with Gasteiger partial charge in [-0.05, 0) is 18.8 Å². The van der Waals surface area contributed by atoms with E-state index < -0.39 is 0 Å². The third-order valence-corrected chi connectivity index (χ3v) is 4.55. The fraction of sp³-hybridized carbons (Fsp3) is 0.733. The summed E-state index contributed by atoms with van der Waals surface area (Å²) < 4.78 is 0. The van der Waals surface area contributed by atoms with Gasteiger partial charge in [-0.25, -0.2) is 9.97 Å². The van der Waals surface area contributed by atoms with Gasteiger partial charge in [-0.2, -0.15) is 0 Å². The molecule has 0 radical (unpaired) electrons. The molecule has 2 fully saturated rings. The van der Waals surface area contributed by atoms with Crippen LogP contribution in [0.3, 0.4) is 0 Å².